The fourth-order valence-corrected chi connectivity index (χ4v) is 2.64. The summed E-state index contributed by atoms with van der Waals surface area (Å²) in [5.74, 6) is -0.00874. The molecule has 6 nitrogen and oxygen atoms in total. The lowest BCUT2D eigenvalue weighted by Crippen LogP contribution is -2.27. The first-order chi connectivity index (χ1) is 12.5. The number of nitrogens with one attached hydrogen (secondary N) is 2. The van der Waals surface area contributed by atoms with Crippen molar-refractivity contribution in [3.8, 4) is 5.75 Å². The van der Waals surface area contributed by atoms with E-state index in [1.807, 2.05) is 12.1 Å². The van der Waals surface area contributed by atoms with E-state index in [-0.39, 0.29) is 23.4 Å². The van der Waals surface area contributed by atoms with Crippen molar-refractivity contribution in [3.05, 3.63) is 56.6 Å². The molecule has 2 amide bonds. The minimum Gasteiger partial charge on any atom is -0.484 e. The number of carbonyl (C=O) groups excluding carboxylic acids is 2. The Morgan fingerprint density at radius 2 is 1.88 bits per heavy atom. The highest BCUT2D eigenvalue weighted by molar-refractivity contribution is 14.1. The lowest BCUT2D eigenvalue weighted by atomic mass is 10.2. The largest absolute Gasteiger partial charge is 0.484 e. The van der Waals surface area contributed by atoms with Crippen LogP contribution >= 0.6 is 34.2 Å². The molecule has 0 aliphatic carbocycles. The molecule has 0 saturated carbocycles. The Kier molecular flexibility index (Phi) is 8.14. The number of anilines is 1. The van der Waals surface area contributed by atoms with Crippen LogP contribution in [0.4, 0.5) is 5.69 Å². The number of halogens is 2. The van der Waals surface area contributed by atoms with Crippen molar-refractivity contribution >= 4 is 51.7 Å². The van der Waals surface area contributed by atoms with Gasteiger partial charge in [-0.2, -0.15) is 0 Å². The van der Waals surface area contributed by atoms with Crippen LogP contribution in [-0.2, 0) is 9.53 Å². The summed E-state index contributed by atoms with van der Waals surface area (Å²) in [5.41, 5.74) is 0.815. The van der Waals surface area contributed by atoms with E-state index in [2.05, 4.69) is 33.2 Å². The fraction of sp³-hybridized carbons (Fsp3) is 0.222. The topological polar surface area (TPSA) is 76.7 Å². The van der Waals surface area contributed by atoms with Crippen LogP contribution < -0.4 is 15.4 Å². The van der Waals surface area contributed by atoms with Crippen molar-refractivity contribution in [2.45, 2.75) is 0 Å². The van der Waals surface area contributed by atoms with Crippen LogP contribution in [0, 0.1) is 3.57 Å². The molecule has 2 aromatic rings. The van der Waals surface area contributed by atoms with Crippen molar-refractivity contribution in [3.63, 3.8) is 0 Å². The summed E-state index contributed by atoms with van der Waals surface area (Å²) >= 11 is 8.32. The van der Waals surface area contributed by atoms with Gasteiger partial charge in [-0.15, -0.1) is 0 Å². The van der Waals surface area contributed by atoms with Crippen LogP contribution in [0.2, 0.25) is 5.02 Å². The summed E-state index contributed by atoms with van der Waals surface area (Å²) in [6.07, 6.45) is 0. The highest BCUT2D eigenvalue weighted by atomic mass is 127. The number of amides is 2. The van der Waals surface area contributed by atoms with Crippen molar-refractivity contribution in [1.82, 2.24) is 5.32 Å². The van der Waals surface area contributed by atoms with Gasteiger partial charge in [0.1, 0.15) is 5.75 Å². The van der Waals surface area contributed by atoms with Crippen LogP contribution in [0.3, 0.4) is 0 Å². The first kappa shape index (κ1) is 20.5. The molecule has 0 saturated heterocycles. The van der Waals surface area contributed by atoms with Gasteiger partial charge >= 0.3 is 0 Å². The predicted molar refractivity (Wildman–Crippen MR) is 109 cm³/mol. The maximum Gasteiger partial charge on any atom is 0.262 e. The Morgan fingerprint density at radius 3 is 2.54 bits per heavy atom. The van der Waals surface area contributed by atoms with Gasteiger partial charge in [-0.05, 0) is 65.1 Å². The second-order valence-corrected chi connectivity index (χ2v) is 6.89. The van der Waals surface area contributed by atoms with Crippen LogP contribution in [0.5, 0.6) is 5.75 Å². The van der Waals surface area contributed by atoms with Gasteiger partial charge in [-0.3, -0.25) is 9.59 Å². The second-order valence-electron chi connectivity index (χ2n) is 5.23. The number of rotatable bonds is 8. The number of benzene rings is 2. The van der Waals surface area contributed by atoms with Crippen molar-refractivity contribution in [2.24, 2.45) is 0 Å². The molecule has 0 spiro atoms. The van der Waals surface area contributed by atoms with Gasteiger partial charge in [-0.1, -0.05) is 11.6 Å². The van der Waals surface area contributed by atoms with Gasteiger partial charge < -0.3 is 20.1 Å². The second kappa shape index (κ2) is 10.3. The molecule has 2 aromatic carbocycles. The standard InChI is InChI=1S/C18H18ClIN2O4/c1-25-9-8-21-18(24)15-7-4-13(10-16(15)19)22-17(23)11-26-14-5-2-12(20)3-6-14/h2-7,10H,8-9,11H2,1H3,(H,21,24)(H,22,23). The van der Waals surface area contributed by atoms with Crippen molar-refractivity contribution < 1.29 is 19.1 Å². The molecule has 0 fully saturated rings. The molecular formula is C18H18ClIN2O4. The minimum atomic E-state index is -0.322. The molecule has 0 aromatic heterocycles. The quantitative estimate of drug-likeness (QED) is 0.441. The number of methoxy groups -OCH3 is 1. The molecule has 2 rings (SSSR count). The highest BCUT2D eigenvalue weighted by Gasteiger charge is 2.12. The lowest BCUT2D eigenvalue weighted by molar-refractivity contribution is -0.118. The number of hydrogen-bond donors (Lipinski definition) is 2. The van der Waals surface area contributed by atoms with Gasteiger partial charge in [0.05, 0.1) is 17.2 Å². The lowest BCUT2D eigenvalue weighted by Gasteiger charge is -2.10. The van der Waals surface area contributed by atoms with Gasteiger partial charge in [0.15, 0.2) is 6.61 Å². The van der Waals surface area contributed by atoms with Gasteiger partial charge in [0.25, 0.3) is 11.8 Å². The Morgan fingerprint density at radius 1 is 1.15 bits per heavy atom. The Balaban J connectivity index is 1.88. The first-order valence-electron chi connectivity index (χ1n) is 7.74. The Bertz CT molecular complexity index is 768. The fourth-order valence-electron chi connectivity index (χ4n) is 2.02. The van der Waals surface area contributed by atoms with E-state index in [4.69, 9.17) is 21.1 Å². The third kappa shape index (κ3) is 6.47. The number of ether oxygens (including phenoxy) is 2. The molecule has 0 bridgehead atoms. The zero-order chi connectivity index (χ0) is 18.9. The van der Waals surface area contributed by atoms with E-state index < -0.39 is 0 Å². The maximum absolute atomic E-state index is 12.0. The van der Waals surface area contributed by atoms with E-state index in [1.54, 1.807) is 31.4 Å². The van der Waals surface area contributed by atoms with E-state index >= 15 is 0 Å². The number of hydrogen-bond acceptors (Lipinski definition) is 4. The summed E-state index contributed by atoms with van der Waals surface area (Å²) in [6.45, 7) is 0.676. The van der Waals surface area contributed by atoms with Crippen molar-refractivity contribution in [1.29, 1.82) is 0 Å². The average Bonchev–Trinajstić information content (AvgIpc) is 2.61. The van der Waals surface area contributed by atoms with Crippen LogP contribution in [-0.4, -0.2) is 38.7 Å². The van der Waals surface area contributed by atoms with Gasteiger partial charge in [0, 0.05) is 22.9 Å². The highest BCUT2D eigenvalue weighted by Crippen LogP contribution is 2.21. The summed E-state index contributed by atoms with van der Waals surface area (Å²) in [7, 11) is 1.55. The molecule has 0 unspecified atom stereocenters. The molecule has 0 aliphatic heterocycles. The zero-order valence-electron chi connectivity index (χ0n) is 14.1. The first-order valence-corrected chi connectivity index (χ1v) is 9.20. The SMILES string of the molecule is COCCNC(=O)c1ccc(NC(=O)COc2ccc(I)cc2)cc1Cl. The van der Waals surface area contributed by atoms with Crippen LogP contribution in [0.15, 0.2) is 42.5 Å². The molecule has 2 N–H and O–H groups in total. The number of carbonyl (C=O) groups is 2. The van der Waals surface area contributed by atoms with Crippen LogP contribution in [0.1, 0.15) is 10.4 Å². The van der Waals surface area contributed by atoms with E-state index in [0.29, 0.717) is 30.2 Å². The Hall–Kier alpha value is -1.84. The smallest absolute Gasteiger partial charge is 0.262 e. The molecular weight excluding hydrogens is 471 g/mol. The van der Waals surface area contributed by atoms with E-state index in [9.17, 15) is 9.59 Å². The summed E-state index contributed by atoms with van der Waals surface area (Å²) in [4.78, 5) is 24.0. The maximum atomic E-state index is 12.0. The summed E-state index contributed by atoms with van der Waals surface area (Å²) < 4.78 is 11.4. The monoisotopic (exact) mass is 488 g/mol. The summed E-state index contributed by atoms with van der Waals surface area (Å²) in [5, 5.41) is 5.61. The predicted octanol–water partition coefficient (Wildman–Crippen LogP) is 3.34. The van der Waals surface area contributed by atoms with E-state index in [1.165, 1.54) is 6.07 Å². The van der Waals surface area contributed by atoms with Crippen LogP contribution in [0.25, 0.3) is 0 Å². The third-order valence-corrected chi connectivity index (χ3v) is 4.30. The molecule has 26 heavy (non-hydrogen) atoms. The molecule has 8 heteroatoms. The van der Waals surface area contributed by atoms with Gasteiger partial charge in [-0.25, -0.2) is 0 Å². The zero-order valence-corrected chi connectivity index (χ0v) is 17.0. The minimum absolute atomic E-state index is 0.128. The summed E-state index contributed by atoms with van der Waals surface area (Å²) in [6, 6.07) is 12.1. The van der Waals surface area contributed by atoms with Crippen molar-refractivity contribution in [2.75, 3.05) is 32.2 Å². The Labute approximate surface area is 170 Å². The third-order valence-electron chi connectivity index (χ3n) is 3.27. The normalized spacial score (nSPS) is 10.3. The van der Waals surface area contributed by atoms with E-state index in [0.717, 1.165) is 3.57 Å². The van der Waals surface area contributed by atoms with Gasteiger partial charge in [0.2, 0.25) is 0 Å². The molecule has 0 radical (unpaired) electrons. The molecule has 0 aliphatic rings. The molecule has 138 valence electrons. The average molecular weight is 489 g/mol. The molecule has 0 heterocycles. The molecule has 0 atom stereocenters.